The van der Waals surface area contributed by atoms with E-state index in [1.54, 1.807) is 13.0 Å². The first-order valence-corrected chi connectivity index (χ1v) is 12.3. The molecule has 9 heteroatoms. The molecule has 1 aromatic heterocycles. The van der Waals surface area contributed by atoms with Crippen molar-refractivity contribution in [2.75, 3.05) is 5.49 Å². The Bertz CT molecular complexity index is 1060. The number of hydrogen-bond acceptors (Lipinski definition) is 4. The van der Waals surface area contributed by atoms with Gasteiger partial charge in [0.25, 0.3) is 0 Å². The third-order valence-electron chi connectivity index (χ3n) is 4.30. The fraction of sp³-hybridized carbons (Fsp3) is 0.316. The van der Waals surface area contributed by atoms with Crippen molar-refractivity contribution in [3.63, 3.8) is 0 Å². The van der Waals surface area contributed by atoms with E-state index in [1.807, 2.05) is 38.1 Å². The molecule has 0 aliphatic carbocycles. The monoisotopic (exact) mass is 458 g/mol. The van der Waals surface area contributed by atoms with E-state index in [-0.39, 0.29) is 11.6 Å². The second-order valence-electron chi connectivity index (χ2n) is 6.59. The summed E-state index contributed by atoms with van der Waals surface area (Å²) in [6.07, 6.45) is 0.405. The molecule has 3 aromatic rings. The summed E-state index contributed by atoms with van der Waals surface area (Å²) >= 11 is 13.7. The van der Waals surface area contributed by atoms with E-state index < -0.39 is 7.60 Å². The highest BCUT2D eigenvalue weighted by Crippen LogP contribution is 2.48. The van der Waals surface area contributed by atoms with Gasteiger partial charge in [-0.2, -0.15) is 0 Å². The number of thioether (sulfide) groups is 1. The Balaban J connectivity index is 1.84. The maximum absolute atomic E-state index is 12.2. The molecule has 0 saturated carbocycles. The fourth-order valence-electron chi connectivity index (χ4n) is 2.64. The van der Waals surface area contributed by atoms with Gasteiger partial charge in [-0.15, -0.1) is 0 Å². The first-order chi connectivity index (χ1) is 13.2. The summed E-state index contributed by atoms with van der Waals surface area (Å²) in [5.41, 5.74) is 4.18. The molecule has 5 nitrogen and oxygen atoms in total. The van der Waals surface area contributed by atoms with Gasteiger partial charge in [-0.3, -0.25) is 4.57 Å². The number of H-pyrrole nitrogens is 1. The molecule has 0 saturated heterocycles. The van der Waals surface area contributed by atoms with Crippen molar-refractivity contribution >= 4 is 53.6 Å². The number of nitrogens with one attached hydrogen (secondary N) is 1. The van der Waals surface area contributed by atoms with Gasteiger partial charge in [0.2, 0.25) is 0 Å². The van der Waals surface area contributed by atoms with Gasteiger partial charge < -0.3 is 14.4 Å². The minimum absolute atomic E-state index is 0.0753. The highest BCUT2D eigenvalue weighted by molar-refractivity contribution is 8.04. The Hall–Kier alpha value is -1.01. The smallest absolute Gasteiger partial charge is 0.333 e. The van der Waals surface area contributed by atoms with Crippen molar-refractivity contribution in [1.29, 1.82) is 0 Å². The van der Waals surface area contributed by atoms with Gasteiger partial charge in [0.15, 0.2) is 5.16 Å². The predicted molar refractivity (Wildman–Crippen MR) is 118 cm³/mol. The molecule has 2 atom stereocenters. The van der Waals surface area contributed by atoms with Crippen LogP contribution >= 0.6 is 42.6 Å². The number of fused-ring (bicyclic) bond motifs is 1. The Morgan fingerprint density at radius 1 is 1.29 bits per heavy atom. The number of benzene rings is 2. The Morgan fingerprint density at radius 3 is 2.71 bits per heavy atom. The average Bonchev–Trinajstić information content (AvgIpc) is 3.03. The third kappa shape index (κ3) is 5.12. The molecule has 28 heavy (non-hydrogen) atoms. The molecule has 0 aliphatic heterocycles. The van der Waals surface area contributed by atoms with E-state index in [4.69, 9.17) is 27.7 Å². The van der Waals surface area contributed by atoms with Crippen LogP contribution in [-0.4, -0.2) is 26.5 Å². The van der Waals surface area contributed by atoms with Crippen molar-refractivity contribution in [2.24, 2.45) is 0 Å². The van der Waals surface area contributed by atoms with Crippen LogP contribution in [0.5, 0.6) is 0 Å². The van der Waals surface area contributed by atoms with E-state index in [1.165, 1.54) is 0 Å². The van der Waals surface area contributed by atoms with Gasteiger partial charge in [0, 0.05) is 10.6 Å². The number of rotatable bonds is 7. The van der Waals surface area contributed by atoms with E-state index in [9.17, 15) is 9.46 Å². The van der Waals surface area contributed by atoms with Crippen molar-refractivity contribution in [1.82, 2.24) is 9.97 Å². The number of aromatic amines is 1. The maximum Gasteiger partial charge on any atom is 0.338 e. The lowest BCUT2D eigenvalue weighted by Crippen LogP contribution is -2.05. The fourth-order valence-corrected chi connectivity index (χ4v) is 5.47. The molecule has 0 amide bonds. The Kier molecular flexibility index (Phi) is 6.80. The minimum atomic E-state index is -3.69. The zero-order valence-electron chi connectivity index (χ0n) is 15.7. The second kappa shape index (κ2) is 8.78. The van der Waals surface area contributed by atoms with Gasteiger partial charge >= 0.3 is 7.60 Å². The van der Waals surface area contributed by atoms with Crippen LogP contribution in [0.1, 0.15) is 25.8 Å². The zero-order chi connectivity index (χ0) is 20.5. The minimum Gasteiger partial charge on any atom is -0.333 e. The lowest BCUT2D eigenvalue weighted by molar-refractivity contribution is 0.188. The number of aryl methyl sites for hydroxylation is 1. The van der Waals surface area contributed by atoms with Crippen LogP contribution in [0.4, 0.5) is 0 Å². The molecule has 3 rings (SSSR count). The van der Waals surface area contributed by atoms with E-state index in [2.05, 4.69) is 9.97 Å². The zero-order valence-corrected chi connectivity index (χ0v) is 18.9. The Labute approximate surface area is 178 Å². The van der Waals surface area contributed by atoms with E-state index >= 15 is 0 Å². The molecule has 1 heterocycles. The van der Waals surface area contributed by atoms with Crippen molar-refractivity contribution in [2.45, 2.75) is 38.5 Å². The summed E-state index contributed by atoms with van der Waals surface area (Å²) in [5, 5.41) is 1.83. The summed E-state index contributed by atoms with van der Waals surface area (Å²) in [4.78, 5) is 17.6. The molecule has 2 unspecified atom stereocenters. The van der Waals surface area contributed by atoms with Crippen LogP contribution in [0.2, 0.25) is 10.0 Å². The van der Waals surface area contributed by atoms with Crippen LogP contribution in [0.3, 0.4) is 0 Å². The summed E-state index contributed by atoms with van der Waals surface area (Å²) in [7, 11) is -3.69. The van der Waals surface area contributed by atoms with Gasteiger partial charge in [0.05, 0.1) is 22.2 Å². The standard InChI is InChI=1S/C19H21Cl2N2O3PS/c1-4-12(3)26-27(24,25)10-28-19-22-17-8-14(16(21)9-18(17)23-19)13-5-6-15(20)11(2)7-13/h5-9,12H,4,10H2,1-3H3,(H,22,23)(H,24,25). The normalized spacial score (nSPS) is 14.9. The first kappa shape index (κ1) is 21.7. The van der Waals surface area contributed by atoms with Crippen LogP contribution in [-0.2, 0) is 9.09 Å². The summed E-state index contributed by atoms with van der Waals surface area (Å²) in [6, 6.07) is 9.44. The number of hydrogen-bond donors (Lipinski definition) is 2. The Morgan fingerprint density at radius 2 is 2.04 bits per heavy atom. The first-order valence-electron chi connectivity index (χ1n) is 8.77. The molecule has 2 aromatic carbocycles. The van der Waals surface area contributed by atoms with Crippen molar-refractivity contribution in [3.05, 3.63) is 45.9 Å². The lowest BCUT2D eigenvalue weighted by Gasteiger charge is -2.15. The van der Waals surface area contributed by atoms with Gasteiger partial charge in [-0.1, -0.05) is 48.0 Å². The highest BCUT2D eigenvalue weighted by Gasteiger charge is 2.23. The number of halogens is 2. The molecule has 150 valence electrons. The quantitative estimate of drug-likeness (QED) is 0.297. The molecule has 0 spiro atoms. The number of aromatic nitrogens is 2. The molecule has 2 N–H and O–H groups in total. The van der Waals surface area contributed by atoms with E-state index in [0.717, 1.165) is 39.5 Å². The predicted octanol–water partition coefficient (Wildman–Crippen LogP) is 6.90. The van der Waals surface area contributed by atoms with Gasteiger partial charge in [-0.05, 0) is 55.7 Å². The summed E-state index contributed by atoms with van der Waals surface area (Å²) in [6.45, 7) is 5.62. The summed E-state index contributed by atoms with van der Waals surface area (Å²) < 4.78 is 17.4. The van der Waals surface area contributed by atoms with Gasteiger partial charge in [0.1, 0.15) is 5.49 Å². The second-order valence-corrected chi connectivity index (χ2v) is 10.6. The molecule has 0 radical (unpaired) electrons. The van der Waals surface area contributed by atoms with E-state index in [0.29, 0.717) is 21.6 Å². The molecular weight excluding hydrogens is 438 g/mol. The lowest BCUT2D eigenvalue weighted by atomic mass is 10.0. The average molecular weight is 459 g/mol. The van der Waals surface area contributed by atoms with Crippen LogP contribution < -0.4 is 0 Å². The number of imidazole rings is 1. The molecule has 0 bridgehead atoms. The van der Waals surface area contributed by atoms with Crippen LogP contribution in [0.25, 0.3) is 22.2 Å². The molecular formula is C19H21Cl2N2O3PS. The molecule has 0 fully saturated rings. The van der Waals surface area contributed by atoms with Crippen LogP contribution in [0.15, 0.2) is 35.5 Å². The largest absolute Gasteiger partial charge is 0.338 e. The van der Waals surface area contributed by atoms with Crippen LogP contribution in [0, 0.1) is 6.92 Å². The van der Waals surface area contributed by atoms with Crippen molar-refractivity contribution < 1.29 is 14.0 Å². The molecule has 0 aliphatic rings. The van der Waals surface area contributed by atoms with Crippen molar-refractivity contribution in [3.8, 4) is 11.1 Å². The number of nitrogens with zero attached hydrogens (tertiary/aromatic N) is 1. The highest BCUT2D eigenvalue weighted by atomic mass is 35.5. The topological polar surface area (TPSA) is 75.2 Å². The third-order valence-corrected chi connectivity index (χ3v) is 8.02. The summed E-state index contributed by atoms with van der Waals surface area (Å²) in [5.74, 6) is 0. The van der Waals surface area contributed by atoms with Gasteiger partial charge in [-0.25, -0.2) is 4.98 Å². The maximum atomic E-state index is 12.2. The SMILES string of the molecule is CCC(C)OP(=O)(O)CSc1nc2cc(-c3ccc(Cl)c(C)c3)c(Cl)cc2[nH]1.